The SMILES string of the molecule is CC1(C)OB(c2cc([N+](=O)[O-])ccc2C(=O)Nc2c(F)c(F)c(C(F)(F)F)c(F)c2F)OC1(C)C. The molecule has 1 N–H and O–H groups in total. The fourth-order valence-electron chi connectivity index (χ4n) is 3.21. The molecule has 15 heteroatoms. The topological polar surface area (TPSA) is 90.7 Å². The minimum atomic E-state index is -5.76. The number of nitrogens with zero attached hydrogens (tertiary/aromatic N) is 1. The first-order valence-corrected chi connectivity index (χ1v) is 9.77. The molecule has 0 spiro atoms. The minimum absolute atomic E-state index is 0.274. The van der Waals surface area contributed by atoms with Gasteiger partial charge in [0.15, 0.2) is 23.3 Å². The van der Waals surface area contributed by atoms with E-state index in [9.17, 15) is 45.6 Å². The van der Waals surface area contributed by atoms with Crippen molar-refractivity contribution in [3.63, 3.8) is 0 Å². The minimum Gasteiger partial charge on any atom is -0.399 e. The monoisotopic (exact) mass is 508 g/mol. The highest BCUT2D eigenvalue weighted by Gasteiger charge is 2.53. The van der Waals surface area contributed by atoms with Crippen LogP contribution in [0.1, 0.15) is 43.6 Å². The number of alkyl halides is 3. The highest BCUT2D eigenvalue weighted by atomic mass is 19.4. The van der Waals surface area contributed by atoms with Crippen molar-refractivity contribution >= 4 is 29.9 Å². The van der Waals surface area contributed by atoms with Crippen LogP contribution in [-0.4, -0.2) is 29.2 Å². The lowest BCUT2D eigenvalue weighted by Crippen LogP contribution is -2.41. The van der Waals surface area contributed by atoms with Gasteiger partial charge in [0.05, 0.1) is 16.1 Å². The second-order valence-electron chi connectivity index (χ2n) is 8.57. The van der Waals surface area contributed by atoms with Crippen molar-refractivity contribution in [2.75, 3.05) is 5.32 Å². The number of nitro groups is 1. The van der Waals surface area contributed by atoms with Gasteiger partial charge in [-0.3, -0.25) is 14.9 Å². The zero-order chi connectivity index (χ0) is 26.7. The van der Waals surface area contributed by atoms with E-state index >= 15 is 0 Å². The lowest BCUT2D eigenvalue weighted by molar-refractivity contribution is -0.384. The first kappa shape index (κ1) is 26.4. The maximum Gasteiger partial charge on any atom is 0.495 e. The van der Waals surface area contributed by atoms with Gasteiger partial charge in [0, 0.05) is 23.2 Å². The molecule has 0 aliphatic carbocycles. The fourth-order valence-corrected chi connectivity index (χ4v) is 3.21. The van der Waals surface area contributed by atoms with Crippen LogP contribution >= 0.6 is 0 Å². The number of halogens is 7. The summed E-state index contributed by atoms with van der Waals surface area (Å²) < 4.78 is 106. The summed E-state index contributed by atoms with van der Waals surface area (Å²) in [6, 6.07) is 2.60. The van der Waals surface area contributed by atoms with Crippen LogP contribution in [0.4, 0.5) is 42.1 Å². The number of nitro benzene ring substituents is 1. The summed E-state index contributed by atoms with van der Waals surface area (Å²) >= 11 is 0. The Morgan fingerprint density at radius 2 is 1.46 bits per heavy atom. The number of benzene rings is 2. The Labute approximate surface area is 193 Å². The molecule has 0 aromatic heterocycles. The van der Waals surface area contributed by atoms with E-state index in [4.69, 9.17) is 9.31 Å². The van der Waals surface area contributed by atoms with Gasteiger partial charge in [-0.1, -0.05) is 0 Å². The van der Waals surface area contributed by atoms with Gasteiger partial charge in [0.2, 0.25) is 0 Å². The molecule has 3 rings (SSSR count). The number of carbonyl (C=O) groups is 1. The second kappa shape index (κ2) is 8.48. The molecule has 0 radical (unpaired) electrons. The van der Waals surface area contributed by atoms with E-state index < -0.39 is 81.1 Å². The number of nitrogens with one attached hydrogen (secondary N) is 1. The van der Waals surface area contributed by atoms with Crippen LogP contribution in [0, 0.1) is 33.4 Å². The molecule has 1 heterocycles. The third kappa shape index (κ3) is 4.57. The van der Waals surface area contributed by atoms with Crippen LogP contribution in [0.5, 0.6) is 0 Å². The maximum absolute atomic E-state index is 14.2. The zero-order valence-corrected chi connectivity index (χ0v) is 18.4. The Hall–Kier alpha value is -3.20. The molecule has 1 amide bonds. The molecule has 1 fully saturated rings. The Morgan fingerprint density at radius 1 is 0.971 bits per heavy atom. The second-order valence-corrected chi connectivity index (χ2v) is 8.57. The number of amides is 1. The summed E-state index contributed by atoms with van der Waals surface area (Å²) in [5.41, 5.74) is -7.90. The molecule has 188 valence electrons. The number of non-ortho nitro benzene ring substituents is 1. The van der Waals surface area contributed by atoms with E-state index in [0.29, 0.717) is 0 Å². The van der Waals surface area contributed by atoms with Crippen molar-refractivity contribution in [3.8, 4) is 0 Å². The molecule has 0 atom stereocenters. The standard InChI is InChI=1S/C20H16BF7N2O5/c1-18(2)19(3,4)35-21(34-18)10-7-8(30(32)33)5-6-9(10)17(31)29-16-14(24)12(22)11(20(26,27)28)13(23)15(16)25/h5-7H,1-4H3,(H,29,31). The molecule has 1 saturated heterocycles. The van der Waals surface area contributed by atoms with Crippen LogP contribution in [-0.2, 0) is 15.5 Å². The van der Waals surface area contributed by atoms with E-state index in [1.165, 1.54) is 5.32 Å². The number of anilines is 1. The van der Waals surface area contributed by atoms with Crippen molar-refractivity contribution in [2.45, 2.75) is 45.1 Å². The van der Waals surface area contributed by atoms with Crippen LogP contribution < -0.4 is 10.8 Å². The third-order valence-corrected chi connectivity index (χ3v) is 5.78. The zero-order valence-electron chi connectivity index (χ0n) is 18.4. The summed E-state index contributed by atoms with van der Waals surface area (Å²) in [6.07, 6.45) is -5.76. The van der Waals surface area contributed by atoms with Gasteiger partial charge in [-0.25, -0.2) is 17.6 Å². The average molecular weight is 508 g/mol. The van der Waals surface area contributed by atoms with Gasteiger partial charge >= 0.3 is 13.3 Å². The predicted octanol–water partition coefficient (Wildman–Crippen LogP) is 4.72. The van der Waals surface area contributed by atoms with Crippen LogP contribution in [0.2, 0.25) is 0 Å². The van der Waals surface area contributed by atoms with Crippen LogP contribution in [0.3, 0.4) is 0 Å². The Kier molecular flexibility index (Phi) is 6.40. The lowest BCUT2D eigenvalue weighted by atomic mass is 9.75. The van der Waals surface area contributed by atoms with Gasteiger partial charge in [0.1, 0.15) is 11.3 Å². The van der Waals surface area contributed by atoms with Gasteiger partial charge in [-0.15, -0.1) is 0 Å². The molecule has 0 unspecified atom stereocenters. The molecule has 35 heavy (non-hydrogen) atoms. The number of hydrogen-bond donors (Lipinski definition) is 1. The Morgan fingerprint density at radius 3 is 1.89 bits per heavy atom. The smallest absolute Gasteiger partial charge is 0.399 e. The molecule has 2 aromatic rings. The summed E-state index contributed by atoms with van der Waals surface area (Å²) in [5.74, 6) is -12.0. The maximum atomic E-state index is 14.2. The summed E-state index contributed by atoms with van der Waals surface area (Å²) in [5, 5.41) is 12.7. The van der Waals surface area contributed by atoms with Gasteiger partial charge in [0.25, 0.3) is 11.6 Å². The Balaban J connectivity index is 2.09. The number of carbonyl (C=O) groups excluding carboxylic acids is 1. The van der Waals surface area contributed by atoms with Crippen molar-refractivity contribution in [3.05, 3.63) is 62.7 Å². The first-order chi connectivity index (χ1) is 15.9. The highest BCUT2D eigenvalue weighted by Crippen LogP contribution is 2.39. The molecular formula is C20H16BF7N2O5. The van der Waals surface area contributed by atoms with E-state index in [1.54, 1.807) is 27.7 Å². The van der Waals surface area contributed by atoms with E-state index in [-0.39, 0.29) is 5.46 Å². The van der Waals surface area contributed by atoms with E-state index in [1.807, 2.05) is 0 Å². The highest BCUT2D eigenvalue weighted by molar-refractivity contribution is 6.64. The van der Waals surface area contributed by atoms with Crippen molar-refractivity contribution in [2.24, 2.45) is 0 Å². The average Bonchev–Trinajstić information content (AvgIpc) is 2.95. The quantitative estimate of drug-likeness (QED) is 0.212. The molecule has 2 aromatic carbocycles. The molecule has 0 bridgehead atoms. The number of rotatable bonds is 4. The van der Waals surface area contributed by atoms with Crippen molar-refractivity contribution in [1.82, 2.24) is 0 Å². The van der Waals surface area contributed by atoms with Crippen LogP contribution in [0.25, 0.3) is 0 Å². The first-order valence-electron chi connectivity index (χ1n) is 9.77. The fraction of sp³-hybridized carbons (Fsp3) is 0.350. The molecular weight excluding hydrogens is 492 g/mol. The molecule has 7 nitrogen and oxygen atoms in total. The van der Waals surface area contributed by atoms with Gasteiger partial charge in [-0.2, -0.15) is 13.2 Å². The van der Waals surface area contributed by atoms with E-state index in [2.05, 4.69) is 0 Å². The van der Waals surface area contributed by atoms with Gasteiger partial charge in [-0.05, 0) is 33.8 Å². The predicted molar refractivity (Wildman–Crippen MR) is 108 cm³/mol. The normalized spacial score (nSPS) is 16.9. The van der Waals surface area contributed by atoms with E-state index in [0.717, 1.165) is 18.2 Å². The summed E-state index contributed by atoms with van der Waals surface area (Å²) in [7, 11) is -1.39. The number of hydrogen-bond acceptors (Lipinski definition) is 5. The largest absolute Gasteiger partial charge is 0.495 e. The van der Waals surface area contributed by atoms with Crippen molar-refractivity contribution < 1.29 is 49.8 Å². The third-order valence-electron chi connectivity index (χ3n) is 5.78. The molecule has 1 aliphatic heterocycles. The molecule has 0 saturated carbocycles. The molecule has 1 aliphatic rings. The van der Waals surface area contributed by atoms with Crippen LogP contribution in [0.15, 0.2) is 18.2 Å². The van der Waals surface area contributed by atoms with Crippen molar-refractivity contribution in [1.29, 1.82) is 0 Å². The Bertz CT molecular complexity index is 1190. The summed E-state index contributed by atoms with van der Waals surface area (Å²) in [6.45, 7) is 6.51. The summed E-state index contributed by atoms with van der Waals surface area (Å²) in [4.78, 5) is 23.2. The van der Waals surface area contributed by atoms with Gasteiger partial charge < -0.3 is 14.6 Å². The lowest BCUT2D eigenvalue weighted by Gasteiger charge is -2.32.